The molecule has 0 saturated heterocycles. The molecule has 2 atom stereocenters. The molecule has 0 aromatic carbocycles. The van der Waals surface area contributed by atoms with Crippen molar-refractivity contribution in [2.75, 3.05) is 0 Å². The summed E-state index contributed by atoms with van der Waals surface area (Å²) in [5, 5.41) is 0. The van der Waals surface area contributed by atoms with Gasteiger partial charge >= 0.3 is 0 Å². The lowest BCUT2D eigenvalue weighted by atomic mass is 9.85. The van der Waals surface area contributed by atoms with E-state index in [9.17, 15) is 0 Å². The molecule has 0 rings (SSSR count). The van der Waals surface area contributed by atoms with Crippen molar-refractivity contribution in [1.29, 1.82) is 0 Å². The molecule has 0 aromatic rings. The van der Waals surface area contributed by atoms with Gasteiger partial charge in [0.1, 0.15) is 0 Å². The zero-order valence-electron chi connectivity index (χ0n) is 19.2. The van der Waals surface area contributed by atoms with Gasteiger partial charge in [-0.1, -0.05) is 60.1 Å². The zero-order chi connectivity index (χ0) is 20.7. The Morgan fingerprint density at radius 2 is 1.37 bits per heavy atom. The highest BCUT2D eigenvalue weighted by molar-refractivity contribution is 5.05. The quantitative estimate of drug-likeness (QED) is 0.199. The first-order valence-corrected chi connectivity index (χ1v) is 11.0. The van der Waals surface area contributed by atoms with Crippen molar-refractivity contribution < 1.29 is 0 Å². The van der Waals surface area contributed by atoms with Gasteiger partial charge in [0.2, 0.25) is 0 Å². The van der Waals surface area contributed by atoms with E-state index in [0.29, 0.717) is 11.8 Å². The lowest BCUT2D eigenvalue weighted by Crippen LogP contribution is -2.06. The monoisotopic (exact) mass is 370 g/mol. The molecule has 154 valence electrons. The van der Waals surface area contributed by atoms with Crippen molar-refractivity contribution in [2.45, 2.75) is 99.3 Å². The Balaban J connectivity index is 4.48. The predicted molar refractivity (Wildman–Crippen MR) is 126 cm³/mol. The van der Waals surface area contributed by atoms with Crippen LogP contribution in [0.15, 0.2) is 59.8 Å². The SMILES string of the molecule is C=CC(C)CCC(CCC/C=C(\C)CCC=C(C)C)C(=C)CCC=C(C)C. The Morgan fingerprint density at radius 1 is 0.778 bits per heavy atom. The van der Waals surface area contributed by atoms with Crippen LogP contribution in [0.4, 0.5) is 0 Å². The third kappa shape index (κ3) is 15.5. The van der Waals surface area contributed by atoms with Gasteiger partial charge in [-0.3, -0.25) is 0 Å². The van der Waals surface area contributed by atoms with E-state index in [-0.39, 0.29) is 0 Å². The second kappa shape index (κ2) is 15.7. The number of allylic oxidation sites excluding steroid dienone is 8. The summed E-state index contributed by atoms with van der Waals surface area (Å²) in [6.45, 7) is 21.7. The maximum absolute atomic E-state index is 4.45. The fourth-order valence-corrected chi connectivity index (χ4v) is 3.29. The third-order valence-electron chi connectivity index (χ3n) is 5.31. The van der Waals surface area contributed by atoms with Crippen molar-refractivity contribution in [3.63, 3.8) is 0 Å². The van der Waals surface area contributed by atoms with Gasteiger partial charge in [0, 0.05) is 0 Å². The van der Waals surface area contributed by atoms with Gasteiger partial charge in [0.15, 0.2) is 0 Å². The summed E-state index contributed by atoms with van der Waals surface area (Å²) < 4.78 is 0. The molecule has 2 unspecified atom stereocenters. The summed E-state index contributed by atoms with van der Waals surface area (Å²) in [5.74, 6) is 1.27. The largest absolute Gasteiger partial charge is 0.103 e. The molecule has 0 heterocycles. The molecule has 0 aliphatic carbocycles. The van der Waals surface area contributed by atoms with Gasteiger partial charge in [-0.15, -0.1) is 6.58 Å². The van der Waals surface area contributed by atoms with Crippen LogP contribution in [0.3, 0.4) is 0 Å². The summed E-state index contributed by atoms with van der Waals surface area (Å²) >= 11 is 0. The third-order valence-corrected chi connectivity index (χ3v) is 5.31. The number of unbranched alkanes of at least 4 members (excludes halogenated alkanes) is 1. The molecule has 0 fully saturated rings. The number of hydrogen-bond donors (Lipinski definition) is 0. The highest BCUT2D eigenvalue weighted by atomic mass is 14.2. The van der Waals surface area contributed by atoms with Gasteiger partial charge in [0.25, 0.3) is 0 Å². The minimum atomic E-state index is 0.607. The summed E-state index contributed by atoms with van der Waals surface area (Å²) in [6.07, 6.45) is 20.1. The van der Waals surface area contributed by atoms with Gasteiger partial charge in [0.05, 0.1) is 0 Å². The van der Waals surface area contributed by atoms with Crippen molar-refractivity contribution in [3.05, 3.63) is 59.8 Å². The van der Waals surface area contributed by atoms with E-state index in [1.54, 1.807) is 0 Å². The van der Waals surface area contributed by atoms with E-state index in [2.05, 4.69) is 79.0 Å². The summed E-state index contributed by atoms with van der Waals surface area (Å²) in [7, 11) is 0. The fourth-order valence-electron chi connectivity index (χ4n) is 3.29. The highest BCUT2D eigenvalue weighted by Gasteiger charge is 2.13. The van der Waals surface area contributed by atoms with E-state index >= 15 is 0 Å². The van der Waals surface area contributed by atoms with Crippen LogP contribution in [0.1, 0.15) is 99.3 Å². The Morgan fingerprint density at radius 3 is 1.93 bits per heavy atom. The first kappa shape index (κ1) is 25.7. The number of hydrogen-bond acceptors (Lipinski definition) is 0. The average Bonchev–Trinajstić information content (AvgIpc) is 2.59. The molecule has 0 amide bonds. The van der Waals surface area contributed by atoms with E-state index < -0.39 is 0 Å². The highest BCUT2D eigenvalue weighted by Crippen LogP contribution is 2.28. The molecule has 0 radical (unpaired) electrons. The minimum Gasteiger partial charge on any atom is -0.103 e. The minimum absolute atomic E-state index is 0.607. The van der Waals surface area contributed by atoms with E-state index in [1.165, 1.54) is 67.2 Å². The fraction of sp³-hybridized carbons (Fsp3) is 0.630. The Labute approximate surface area is 171 Å². The molecule has 0 N–H and O–H groups in total. The average molecular weight is 371 g/mol. The molecule has 0 saturated carbocycles. The predicted octanol–water partition coefficient (Wildman–Crippen LogP) is 9.37. The van der Waals surface area contributed by atoms with E-state index in [0.717, 1.165) is 12.8 Å². The first-order valence-electron chi connectivity index (χ1n) is 11.0. The van der Waals surface area contributed by atoms with Crippen molar-refractivity contribution in [1.82, 2.24) is 0 Å². The zero-order valence-corrected chi connectivity index (χ0v) is 19.2. The summed E-state index contributed by atoms with van der Waals surface area (Å²) in [4.78, 5) is 0. The Bertz CT molecular complexity index is 504. The van der Waals surface area contributed by atoms with Crippen molar-refractivity contribution in [2.24, 2.45) is 11.8 Å². The van der Waals surface area contributed by atoms with Gasteiger partial charge in [-0.05, 0) is 104 Å². The van der Waals surface area contributed by atoms with Crippen LogP contribution >= 0.6 is 0 Å². The molecule has 0 nitrogen and oxygen atoms in total. The van der Waals surface area contributed by atoms with Crippen LogP contribution in [-0.2, 0) is 0 Å². The molecule has 0 spiro atoms. The Kier molecular flexibility index (Phi) is 15.0. The molecule has 27 heavy (non-hydrogen) atoms. The lowest BCUT2D eigenvalue weighted by molar-refractivity contribution is 0.444. The van der Waals surface area contributed by atoms with Crippen molar-refractivity contribution in [3.8, 4) is 0 Å². The summed E-state index contributed by atoms with van der Waals surface area (Å²) in [6, 6.07) is 0. The van der Waals surface area contributed by atoms with E-state index in [4.69, 9.17) is 0 Å². The standard InChI is InChI=1S/C27H46/c1-9-24(6)20-21-27(26(8)18-13-15-23(4)5)19-11-10-16-25(7)17-12-14-22(2)3/h9,14-16,24,27H,1,8,10-13,17-21H2,2-7H3/b25-16+. The molecule has 0 bridgehead atoms. The summed E-state index contributed by atoms with van der Waals surface area (Å²) in [5.41, 5.74) is 5.82. The smallest absolute Gasteiger partial charge is 0.0205 e. The van der Waals surface area contributed by atoms with Crippen LogP contribution in [0.2, 0.25) is 0 Å². The molecule has 0 aliphatic heterocycles. The van der Waals surface area contributed by atoms with Gasteiger partial charge < -0.3 is 0 Å². The van der Waals surface area contributed by atoms with Crippen LogP contribution in [0.5, 0.6) is 0 Å². The van der Waals surface area contributed by atoms with Gasteiger partial charge in [-0.25, -0.2) is 0 Å². The maximum atomic E-state index is 4.45. The second-order valence-corrected chi connectivity index (χ2v) is 8.77. The molecular weight excluding hydrogens is 324 g/mol. The van der Waals surface area contributed by atoms with Crippen LogP contribution in [0, 0.1) is 11.8 Å². The van der Waals surface area contributed by atoms with Crippen molar-refractivity contribution >= 4 is 0 Å². The molecule has 0 heteroatoms. The lowest BCUT2D eigenvalue weighted by Gasteiger charge is -2.20. The van der Waals surface area contributed by atoms with Crippen LogP contribution < -0.4 is 0 Å². The van der Waals surface area contributed by atoms with Crippen LogP contribution in [0.25, 0.3) is 0 Å². The maximum Gasteiger partial charge on any atom is -0.0205 e. The topological polar surface area (TPSA) is 0 Å². The Hall–Kier alpha value is -1.30. The van der Waals surface area contributed by atoms with E-state index in [1.807, 2.05) is 0 Å². The normalized spacial score (nSPS) is 13.6. The molecular formula is C27H46. The first-order chi connectivity index (χ1) is 12.8. The van der Waals surface area contributed by atoms with Gasteiger partial charge in [-0.2, -0.15) is 0 Å². The molecule has 0 aliphatic rings. The number of rotatable bonds is 15. The second-order valence-electron chi connectivity index (χ2n) is 8.77. The van der Waals surface area contributed by atoms with Crippen LogP contribution in [-0.4, -0.2) is 0 Å². The molecule has 0 aromatic heterocycles.